The quantitative estimate of drug-likeness (QED) is 0.487. The highest BCUT2D eigenvalue weighted by Crippen LogP contribution is 2.27. The summed E-state index contributed by atoms with van der Waals surface area (Å²) in [5.41, 5.74) is 0.664. The Morgan fingerprint density at radius 1 is 1.23 bits per heavy atom. The van der Waals surface area contributed by atoms with Crippen LogP contribution in [0, 0.1) is 5.82 Å². The first-order chi connectivity index (χ1) is 14.9. The fraction of sp³-hybridized carbons (Fsp3) is 0.261. The van der Waals surface area contributed by atoms with Crippen molar-refractivity contribution in [2.24, 2.45) is 0 Å². The number of hydrogen-bond acceptors (Lipinski definition) is 4. The van der Waals surface area contributed by atoms with Crippen LogP contribution in [0.4, 0.5) is 20.6 Å². The van der Waals surface area contributed by atoms with Gasteiger partial charge in [0, 0.05) is 12.2 Å². The van der Waals surface area contributed by atoms with E-state index in [1.54, 1.807) is 24.3 Å². The van der Waals surface area contributed by atoms with Crippen LogP contribution in [0.5, 0.6) is 5.75 Å². The summed E-state index contributed by atoms with van der Waals surface area (Å²) < 4.78 is 19.1. The molecule has 4 amide bonds. The predicted octanol–water partition coefficient (Wildman–Crippen LogP) is 3.97. The second-order valence-corrected chi connectivity index (χ2v) is 7.02. The van der Waals surface area contributed by atoms with Crippen LogP contribution in [0.25, 0.3) is 0 Å². The van der Waals surface area contributed by atoms with E-state index in [9.17, 15) is 18.8 Å². The molecule has 1 atom stereocenters. The van der Waals surface area contributed by atoms with Gasteiger partial charge in [0.1, 0.15) is 17.6 Å². The van der Waals surface area contributed by atoms with E-state index in [0.29, 0.717) is 18.0 Å². The Morgan fingerprint density at radius 2 is 1.97 bits per heavy atom. The van der Waals surface area contributed by atoms with Gasteiger partial charge in [-0.25, -0.2) is 14.1 Å². The van der Waals surface area contributed by atoms with E-state index in [4.69, 9.17) is 4.74 Å². The lowest BCUT2D eigenvalue weighted by molar-refractivity contribution is -0.124. The first-order valence-corrected chi connectivity index (χ1v) is 9.98. The van der Waals surface area contributed by atoms with Crippen molar-refractivity contribution >= 4 is 29.2 Å². The highest BCUT2D eigenvalue weighted by Gasteiger charge is 2.46. The SMILES string of the molecule is C=CCN1C(=O)N(c2cccc(F)c2)C(=O)C1CC(=O)Nc1ccc(OCCC)cc1. The van der Waals surface area contributed by atoms with Crippen molar-refractivity contribution in [1.29, 1.82) is 0 Å². The van der Waals surface area contributed by atoms with Crippen molar-refractivity contribution in [3.63, 3.8) is 0 Å². The molecule has 1 aliphatic rings. The molecule has 0 bridgehead atoms. The number of nitrogens with one attached hydrogen (secondary N) is 1. The molecule has 8 heteroatoms. The molecule has 1 saturated heterocycles. The van der Waals surface area contributed by atoms with Crippen molar-refractivity contribution in [3.05, 3.63) is 67.0 Å². The zero-order valence-electron chi connectivity index (χ0n) is 17.2. The molecule has 1 N–H and O–H groups in total. The number of amides is 4. The lowest BCUT2D eigenvalue weighted by atomic mass is 10.1. The van der Waals surface area contributed by atoms with Crippen molar-refractivity contribution in [3.8, 4) is 5.75 Å². The van der Waals surface area contributed by atoms with Gasteiger partial charge in [0.25, 0.3) is 5.91 Å². The molecule has 162 valence electrons. The third-order valence-corrected chi connectivity index (χ3v) is 4.70. The van der Waals surface area contributed by atoms with Crippen LogP contribution in [0.15, 0.2) is 61.2 Å². The van der Waals surface area contributed by atoms with Gasteiger partial charge in [-0.15, -0.1) is 6.58 Å². The number of anilines is 2. The molecule has 31 heavy (non-hydrogen) atoms. The summed E-state index contributed by atoms with van der Waals surface area (Å²) in [6, 6.07) is 10.5. The third kappa shape index (κ3) is 5.09. The predicted molar refractivity (Wildman–Crippen MR) is 115 cm³/mol. The molecule has 7 nitrogen and oxygen atoms in total. The van der Waals surface area contributed by atoms with Crippen molar-refractivity contribution in [2.45, 2.75) is 25.8 Å². The van der Waals surface area contributed by atoms with Gasteiger partial charge >= 0.3 is 6.03 Å². The molecule has 1 heterocycles. The van der Waals surface area contributed by atoms with Crippen LogP contribution in [0.3, 0.4) is 0 Å². The van der Waals surface area contributed by atoms with Crippen molar-refractivity contribution in [2.75, 3.05) is 23.4 Å². The molecule has 1 fully saturated rings. The molecule has 3 rings (SSSR count). The topological polar surface area (TPSA) is 79.0 Å². The number of carbonyl (C=O) groups excluding carboxylic acids is 3. The number of halogens is 1. The Morgan fingerprint density at radius 3 is 2.61 bits per heavy atom. The standard InChI is InChI=1S/C23H24FN3O4/c1-3-12-26-20(22(29)27(23(26)30)18-7-5-6-16(24)14-18)15-21(28)25-17-8-10-19(11-9-17)31-13-4-2/h3,5-11,14,20H,1,4,12-13,15H2,2H3,(H,25,28). The Labute approximate surface area is 180 Å². The molecule has 0 spiro atoms. The van der Waals surface area contributed by atoms with Crippen LogP contribution in [-0.2, 0) is 9.59 Å². The average molecular weight is 425 g/mol. The Hall–Kier alpha value is -3.68. The molecular formula is C23H24FN3O4. The monoisotopic (exact) mass is 425 g/mol. The molecule has 0 aliphatic carbocycles. The van der Waals surface area contributed by atoms with Gasteiger partial charge in [0.2, 0.25) is 5.91 Å². The number of rotatable bonds is 9. The van der Waals surface area contributed by atoms with Crippen LogP contribution >= 0.6 is 0 Å². The van der Waals surface area contributed by atoms with E-state index in [1.165, 1.54) is 29.2 Å². The molecule has 2 aromatic rings. The fourth-order valence-corrected chi connectivity index (χ4v) is 3.28. The van der Waals surface area contributed by atoms with E-state index < -0.39 is 29.7 Å². The Kier molecular flexibility index (Phi) is 7.02. The first-order valence-electron chi connectivity index (χ1n) is 9.98. The van der Waals surface area contributed by atoms with Crippen LogP contribution in [0.2, 0.25) is 0 Å². The first kappa shape index (κ1) is 22.0. The summed E-state index contributed by atoms with van der Waals surface area (Å²) in [5.74, 6) is -0.889. The van der Waals surface area contributed by atoms with Crippen LogP contribution < -0.4 is 15.0 Å². The fourth-order valence-electron chi connectivity index (χ4n) is 3.28. The van der Waals surface area contributed by atoms with Gasteiger partial charge in [-0.3, -0.25) is 9.59 Å². The van der Waals surface area contributed by atoms with Gasteiger partial charge in [-0.1, -0.05) is 19.1 Å². The third-order valence-electron chi connectivity index (χ3n) is 4.70. The van der Waals surface area contributed by atoms with Gasteiger partial charge in [0.15, 0.2) is 0 Å². The van der Waals surface area contributed by atoms with Crippen LogP contribution in [0.1, 0.15) is 19.8 Å². The normalized spacial score (nSPS) is 15.9. The largest absolute Gasteiger partial charge is 0.494 e. The zero-order valence-corrected chi connectivity index (χ0v) is 17.2. The summed E-state index contributed by atoms with van der Waals surface area (Å²) in [5, 5.41) is 2.72. The number of ether oxygens (including phenoxy) is 1. The van der Waals surface area contributed by atoms with Crippen LogP contribution in [-0.4, -0.2) is 41.9 Å². The lowest BCUT2D eigenvalue weighted by Gasteiger charge is -2.19. The highest BCUT2D eigenvalue weighted by molar-refractivity contribution is 6.22. The summed E-state index contributed by atoms with van der Waals surface area (Å²) in [7, 11) is 0. The van der Waals surface area contributed by atoms with E-state index in [1.807, 2.05) is 6.92 Å². The number of hydrogen-bond donors (Lipinski definition) is 1. The van der Waals surface area contributed by atoms with E-state index in [0.717, 1.165) is 17.4 Å². The number of urea groups is 1. The zero-order chi connectivity index (χ0) is 22.4. The van der Waals surface area contributed by atoms with Gasteiger partial charge in [-0.2, -0.15) is 0 Å². The molecule has 1 aliphatic heterocycles. The van der Waals surface area contributed by atoms with Gasteiger partial charge < -0.3 is 15.0 Å². The summed E-state index contributed by atoms with van der Waals surface area (Å²) >= 11 is 0. The molecule has 1 unspecified atom stereocenters. The average Bonchev–Trinajstić information content (AvgIpc) is 2.97. The van der Waals surface area contributed by atoms with Gasteiger partial charge in [-0.05, 0) is 48.9 Å². The van der Waals surface area contributed by atoms with Gasteiger partial charge in [0.05, 0.1) is 18.7 Å². The molecule has 0 saturated carbocycles. The number of nitrogens with zero attached hydrogens (tertiary/aromatic N) is 2. The second kappa shape index (κ2) is 9.88. The molecule has 0 aromatic heterocycles. The minimum atomic E-state index is -1.01. The number of imide groups is 1. The maximum atomic E-state index is 13.6. The molecule has 0 radical (unpaired) electrons. The minimum absolute atomic E-state index is 0.0812. The summed E-state index contributed by atoms with van der Waals surface area (Å²) in [6.45, 7) is 6.30. The van der Waals surface area contributed by atoms with E-state index >= 15 is 0 Å². The maximum Gasteiger partial charge on any atom is 0.332 e. The smallest absolute Gasteiger partial charge is 0.332 e. The minimum Gasteiger partial charge on any atom is -0.494 e. The Balaban J connectivity index is 1.72. The molecule has 2 aromatic carbocycles. The summed E-state index contributed by atoms with van der Waals surface area (Å²) in [4.78, 5) is 40.5. The summed E-state index contributed by atoms with van der Waals surface area (Å²) in [6.07, 6.45) is 2.12. The van der Waals surface area contributed by atoms with E-state index in [-0.39, 0.29) is 18.7 Å². The lowest BCUT2D eigenvalue weighted by Crippen LogP contribution is -2.38. The molecular weight excluding hydrogens is 401 g/mol. The van der Waals surface area contributed by atoms with Crippen molar-refractivity contribution < 1.29 is 23.5 Å². The number of carbonyl (C=O) groups is 3. The highest BCUT2D eigenvalue weighted by atomic mass is 19.1. The van der Waals surface area contributed by atoms with E-state index in [2.05, 4.69) is 11.9 Å². The van der Waals surface area contributed by atoms with Crippen molar-refractivity contribution in [1.82, 2.24) is 4.90 Å². The maximum absolute atomic E-state index is 13.6. The number of benzene rings is 2. The second-order valence-electron chi connectivity index (χ2n) is 7.02. The Bertz CT molecular complexity index is 977.